The molecule has 0 unspecified atom stereocenters. The lowest BCUT2D eigenvalue weighted by molar-refractivity contribution is 0.252. The minimum Gasteiger partial charge on any atom is -0.198 e. The summed E-state index contributed by atoms with van der Waals surface area (Å²) in [4.78, 5) is 0.516. The zero-order valence-corrected chi connectivity index (χ0v) is 9.31. The number of nitriles is 1. The average molecular weight is 227 g/mol. The highest BCUT2D eigenvalue weighted by atomic mass is 32.2. The fourth-order valence-corrected chi connectivity index (χ4v) is 1.62. The maximum atomic E-state index is 12.0. The van der Waals surface area contributed by atoms with Crippen LogP contribution in [0.15, 0.2) is 29.2 Å². The predicted molar refractivity (Wildman–Crippen MR) is 56.9 cm³/mol. The summed E-state index contributed by atoms with van der Waals surface area (Å²) in [5.41, 5.74) is 0.261. The first-order chi connectivity index (χ1) is 6.95. The van der Waals surface area contributed by atoms with Crippen LogP contribution in [0.25, 0.3) is 0 Å². The summed E-state index contributed by atoms with van der Waals surface area (Å²) >= 11 is 0.509. The van der Waals surface area contributed by atoms with E-state index in [0.717, 1.165) is 5.56 Å². The van der Waals surface area contributed by atoms with E-state index >= 15 is 0 Å². The summed E-state index contributed by atoms with van der Waals surface area (Å²) in [6, 6.07) is 8.83. The van der Waals surface area contributed by atoms with E-state index < -0.39 is 11.2 Å². The topological polar surface area (TPSA) is 23.8 Å². The van der Waals surface area contributed by atoms with E-state index in [4.69, 9.17) is 5.26 Å². The molecule has 4 heteroatoms. The number of rotatable bonds is 3. The first kappa shape index (κ1) is 12.0. The van der Waals surface area contributed by atoms with Crippen molar-refractivity contribution in [1.29, 1.82) is 5.26 Å². The third-order valence-electron chi connectivity index (χ3n) is 2.08. The summed E-state index contributed by atoms with van der Waals surface area (Å²) < 4.78 is 24.1. The van der Waals surface area contributed by atoms with Gasteiger partial charge in [-0.25, -0.2) is 0 Å². The number of nitrogens with zero attached hydrogens (tertiary/aromatic N) is 1. The van der Waals surface area contributed by atoms with Crippen LogP contribution in [-0.4, -0.2) is 5.76 Å². The lowest BCUT2D eigenvalue weighted by Gasteiger charge is -2.15. The lowest BCUT2D eigenvalue weighted by Crippen LogP contribution is -2.13. The van der Waals surface area contributed by atoms with Crippen molar-refractivity contribution in [3.63, 3.8) is 0 Å². The molecule has 0 spiro atoms. The van der Waals surface area contributed by atoms with E-state index in [1.807, 2.05) is 0 Å². The van der Waals surface area contributed by atoms with Crippen LogP contribution in [0.3, 0.4) is 0 Å². The molecule has 1 rings (SSSR count). The van der Waals surface area contributed by atoms with Crippen molar-refractivity contribution in [2.24, 2.45) is 0 Å². The quantitative estimate of drug-likeness (QED) is 0.733. The summed E-state index contributed by atoms with van der Waals surface area (Å²) in [6.07, 6.45) is 0. The van der Waals surface area contributed by atoms with Crippen LogP contribution in [0.5, 0.6) is 0 Å². The van der Waals surface area contributed by atoms with Crippen molar-refractivity contribution >= 4 is 11.8 Å². The third kappa shape index (κ3) is 3.21. The Bertz CT molecular complexity index is 365. The summed E-state index contributed by atoms with van der Waals surface area (Å²) in [6.45, 7) is 3.59. The maximum Gasteiger partial charge on any atom is 0.288 e. The number of hydrogen-bond acceptors (Lipinski definition) is 2. The Labute approximate surface area is 92.1 Å². The van der Waals surface area contributed by atoms with Crippen LogP contribution in [0.1, 0.15) is 19.4 Å². The van der Waals surface area contributed by atoms with Crippen LogP contribution >= 0.6 is 11.8 Å². The number of hydrogen-bond donors (Lipinski definition) is 0. The van der Waals surface area contributed by atoms with Crippen molar-refractivity contribution in [1.82, 2.24) is 0 Å². The van der Waals surface area contributed by atoms with Crippen LogP contribution < -0.4 is 0 Å². The van der Waals surface area contributed by atoms with Crippen molar-refractivity contribution < 1.29 is 8.78 Å². The fraction of sp³-hybridized carbons (Fsp3) is 0.364. The van der Waals surface area contributed by atoms with Gasteiger partial charge in [-0.15, -0.1) is 0 Å². The summed E-state index contributed by atoms with van der Waals surface area (Å²) in [5.74, 6) is -2.40. The Balaban J connectivity index is 2.87. The smallest absolute Gasteiger partial charge is 0.198 e. The van der Waals surface area contributed by atoms with Gasteiger partial charge in [0.25, 0.3) is 5.76 Å². The minimum absolute atomic E-state index is 0.509. The van der Waals surface area contributed by atoms with Gasteiger partial charge in [0.1, 0.15) is 0 Å². The highest BCUT2D eigenvalue weighted by molar-refractivity contribution is 7.99. The zero-order valence-electron chi connectivity index (χ0n) is 8.50. The Morgan fingerprint density at radius 3 is 2.20 bits per heavy atom. The molecule has 1 aromatic rings. The number of benzene rings is 1. The van der Waals surface area contributed by atoms with Gasteiger partial charge in [0.15, 0.2) is 0 Å². The number of alkyl halides is 2. The Morgan fingerprint density at radius 1 is 1.27 bits per heavy atom. The van der Waals surface area contributed by atoms with Crippen LogP contribution in [0.4, 0.5) is 8.78 Å². The molecule has 0 aliphatic carbocycles. The van der Waals surface area contributed by atoms with Gasteiger partial charge in [0, 0.05) is 4.90 Å². The van der Waals surface area contributed by atoms with E-state index in [-0.39, 0.29) is 0 Å². The average Bonchev–Trinajstić information content (AvgIpc) is 2.18. The van der Waals surface area contributed by atoms with E-state index in [1.54, 1.807) is 38.1 Å². The molecule has 0 fully saturated rings. The molecule has 0 aliphatic heterocycles. The van der Waals surface area contributed by atoms with Crippen molar-refractivity contribution in [2.75, 3.05) is 0 Å². The van der Waals surface area contributed by atoms with E-state index in [1.165, 1.54) is 0 Å². The van der Waals surface area contributed by atoms with Gasteiger partial charge in [-0.1, -0.05) is 23.9 Å². The molecule has 1 aromatic carbocycles. The lowest BCUT2D eigenvalue weighted by atomic mass is 9.87. The number of halogens is 2. The van der Waals surface area contributed by atoms with Crippen molar-refractivity contribution in [2.45, 2.75) is 29.9 Å². The fourth-order valence-electron chi connectivity index (χ4n) is 1.12. The molecule has 0 aromatic heterocycles. The van der Waals surface area contributed by atoms with E-state index in [9.17, 15) is 8.78 Å². The SMILES string of the molecule is CC(C)(C#N)c1ccc(SC(F)F)cc1. The zero-order chi connectivity index (χ0) is 11.5. The first-order valence-corrected chi connectivity index (χ1v) is 5.30. The monoisotopic (exact) mass is 227 g/mol. The molecule has 0 aliphatic rings. The molecule has 0 heterocycles. The van der Waals surface area contributed by atoms with Gasteiger partial charge in [-0.05, 0) is 31.5 Å². The molecule has 80 valence electrons. The van der Waals surface area contributed by atoms with Crippen LogP contribution in [0.2, 0.25) is 0 Å². The van der Waals surface area contributed by atoms with Gasteiger partial charge in [0.2, 0.25) is 0 Å². The molecule has 0 radical (unpaired) electrons. The van der Waals surface area contributed by atoms with E-state index in [2.05, 4.69) is 6.07 Å². The predicted octanol–water partition coefficient (Wildman–Crippen LogP) is 3.80. The molecule has 0 bridgehead atoms. The summed E-state index contributed by atoms with van der Waals surface area (Å²) in [5, 5.41) is 8.89. The maximum absolute atomic E-state index is 12.0. The van der Waals surface area contributed by atoms with Crippen LogP contribution in [-0.2, 0) is 5.41 Å². The second-order valence-electron chi connectivity index (χ2n) is 3.64. The molecule has 0 saturated heterocycles. The van der Waals surface area contributed by atoms with Crippen LogP contribution in [0, 0.1) is 11.3 Å². The largest absolute Gasteiger partial charge is 0.288 e. The molecule has 0 atom stereocenters. The van der Waals surface area contributed by atoms with Gasteiger partial charge < -0.3 is 0 Å². The van der Waals surface area contributed by atoms with Gasteiger partial charge in [-0.2, -0.15) is 14.0 Å². The van der Waals surface area contributed by atoms with Crippen molar-refractivity contribution in [3.8, 4) is 6.07 Å². The first-order valence-electron chi connectivity index (χ1n) is 4.42. The minimum atomic E-state index is -2.40. The molecular formula is C11H11F2NS. The highest BCUT2D eigenvalue weighted by Crippen LogP contribution is 2.28. The third-order valence-corrected chi connectivity index (χ3v) is 2.80. The molecule has 1 nitrogen and oxygen atoms in total. The number of thioether (sulfide) groups is 1. The van der Waals surface area contributed by atoms with Crippen molar-refractivity contribution in [3.05, 3.63) is 29.8 Å². The van der Waals surface area contributed by atoms with Gasteiger partial charge in [0.05, 0.1) is 11.5 Å². The highest BCUT2D eigenvalue weighted by Gasteiger charge is 2.19. The molecule has 15 heavy (non-hydrogen) atoms. The Hall–Kier alpha value is -1.08. The molecule has 0 saturated carbocycles. The molecule has 0 N–H and O–H groups in total. The van der Waals surface area contributed by atoms with Gasteiger partial charge >= 0.3 is 0 Å². The van der Waals surface area contributed by atoms with Gasteiger partial charge in [-0.3, -0.25) is 0 Å². The normalized spacial score (nSPS) is 11.5. The second kappa shape index (κ2) is 4.63. The molecular weight excluding hydrogens is 216 g/mol. The summed E-state index contributed by atoms with van der Waals surface area (Å²) in [7, 11) is 0. The van der Waals surface area contributed by atoms with E-state index in [0.29, 0.717) is 16.7 Å². The Kier molecular flexibility index (Phi) is 3.70. The standard InChI is InChI=1S/C11H11F2NS/c1-11(2,7-14)8-3-5-9(6-4-8)15-10(12)13/h3-6,10H,1-2H3. The Morgan fingerprint density at radius 2 is 1.80 bits per heavy atom. The second-order valence-corrected chi connectivity index (χ2v) is 4.70. The molecule has 0 amide bonds.